The molecule has 0 bridgehead atoms. The molecule has 0 aliphatic rings. The van der Waals surface area contributed by atoms with Gasteiger partial charge < -0.3 is 9.84 Å². The van der Waals surface area contributed by atoms with Crippen LogP contribution in [0.3, 0.4) is 0 Å². The highest BCUT2D eigenvalue weighted by Crippen LogP contribution is 2.20. The van der Waals surface area contributed by atoms with Crippen LogP contribution in [0.15, 0.2) is 18.2 Å². The first-order valence-electron chi connectivity index (χ1n) is 4.80. The fourth-order valence-corrected chi connectivity index (χ4v) is 2.01. The van der Waals surface area contributed by atoms with Crippen LogP contribution < -0.4 is 4.74 Å². The molecule has 0 heterocycles. The number of aliphatic hydroxyl groups excluding tert-OH is 1. The van der Waals surface area contributed by atoms with Crippen LogP contribution in [0.1, 0.15) is 18.9 Å². The fourth-order valence-electron chi connectivity index (χ4n) is 1.26. The Kier molecular flexibility index (Phi) is 5.25. The van der Waals surface area contributed by atoms with Crippen molar-refractivity contribution >= 4 is 22.6 Å². The first-order valence-corrected chi connectivity index (χ1v) is 5.88. The molecule has 1 rings (SSSR count). The standard InChI is InChI=1S/C11H15IO2/c1-2-14-10-6-5-9(4-3-7-13)11(12)8-10/h5-6,8,13H,2-4,7H2,1H3. The van der Waals surface area contributed by atoms with Gasteiger partial charge in [-0.2, -0.15) is 0 Å². The topological polar surface area (TPSA) is 29.5 Å². The quantitative estimate of drug-likeness (QED) is 0.848. The highest BCUT2D eigenvalue weighted by atomic mass is 127. The first-order chi connectivity index (χ1) is 6.77. The van der Waals surface area contributed by atoms with E-state index in [1.807, 2.05) is 19.1 Å². The molecular weight excluding hydrogens is 291 g/mol. The van der Waals surface area contributed by atoms with E-state index in [9.17, 15) is 0 Å². The summed E-state index contributed by atoms with van der Waals surface area (Å²) in [5, 5.41) is 8.73. The van der Waals surface area contributed by atoms with Gasteiger partial charge in [0.25, 0.3) is 0 Å². The van der Waals surface area contributed by atoms with Gasteiger partial charge in [-0.05, 0) is 60.1 Å². The predicted molar refractivity (Wildman–Crippen MR) is 65.7 cm³/mol. The zero-order chi connectivity index (χ0) is 10.4. The minimum atomic E-state index is 0.253. The minimum Gasteiger partial charge on any atom is -0.494 e. The number of aryl methyl sites for hydroxylation is 1. The van der Waals surface area contributed by atoms with Crippen molar-refractivity contribution in [3.8, 4) is 5.75 Å². The van der Waals surface area contributed by atoms with Crippen molar-refractivity contribution in [3.05, 3.63) is 27.3 Å². The minimum absolute atomic E-state index is 0.253. The summed E-state index contributed by atoms with van der Waals surface area (Å²) in [5.41, 5.74) is 1.28. The summed E-state index contributed by atoms with van der Waals surface area (Å²) < 4.78 is 6.60. The van der Waals surface area contributed by atoms with Gasteiger partial charge in [0.2, 0.25) is 0 Å². The molecule has 1 aromatic rings. The molecule has 0 amide bonds. The van der Waals surface area contributed by atoms with Gasteiger partial charge in [-0.3, -0.25) is 0 Å². The van der Waals surface area contributed by atoms with Crippen molar-refractivity contribution in [1.29, 1.82) is 0 Å². The number of hydrogen-bond donors (Lipinski definition) is 1. The largest absolute Gasteiger partial charge is 0.494 e. The van der Waals surface area contributed by atoms with Crippen LogP contribution in [0.5, 0.6) is 5.75 Å². The van der Waals surface area contributed by atoms with Gasteiger partial charge in [0.15, 0.2) is 0 Å². The van der Waals surface area contributed by atoms with Crippen LogP contribution in [0.25, 0.3) is 0 Å². The van der Waals surface area contributed by atoms with E-state index in [1.165, 1.54) is 9.13 Å². The van der Waals surface area contributed by atoms with Gasteiger partial charge in [-0.25, -0.2) is 0 Å². The van der Waals surface area contributed by atoms with Crippen LogP contribution in [-0.4, -0.2) is 18.3 Å². The van der Waals surface area contributed by atoms with Gasteiger partial charge in [0.05, 0.1) is 6.61 Å². The third-order valence-corrected chi connectivity index (χ3v) is 2.94. The summed E-state index contributed by atoms with van der Waals surface area (Å²) in [6, 6.07) is 6.09. The lowest BCUT2D eigenvalue weighted by Gasteiger charge is -2.07. The molecule has 78 valence electrons. The van der Waals surface area contributed by atoms with Crippen molar-refractivity contribution in [2.24, 2.45) is 0 Å². The van der Waals surface area contributed by atoms with Gasteiger partial charge in [0.1, 0.15) is 5.75 Å². The van der Waals surface area contributed by atoms with Crippen molar-refractivity contribution in [1.82, 2.24) is 0 Å². The zero-order valence-corrected chi connectivity index (χ0v) is 10.5. The van der Waals surface area contributed by atoms with Crippen molar-refractivity contribution < 1.29 is 9.84 Å². The molecule has 0 unspecified atom stereocenters. The Morgan fingerprint density at radius 1 is 1.43 bits per heavy atom. The molecule has 0 atom stereocenters. The highest BCUT2D eigenvalue weighted by molar-refractivity contribution is 14.1. The monoisotopic (exact) mass is 306 g/mol. The Morgan fingerprint density at radius 3 is 2.79 bits per heavy atom. The summed E-state index contributed by atoms with van der Waals surface area (Å²) in [6.45, 7) is 2.93. The van der Waals surface area contributed by atoms with Crippen LogP contribution >= 0.6 is 22.6 Å². The lowest BCUT2D eigenvalue weighted by atomic mass is 10.1. The first kappa shape index (κ1) is 11.8. The fraction of sp³-hybridized carbons (Fsp3) is 0.455. The molecule has 0 aliphatic heterocycles. The Hall–Kier alpha value is -0.290. The molecule has 0 saturated heterocycles. The molecule has 0 aromatic heterocycles. The van der Waals surface area contributed by atoms with Gasteiger partial charge in [-0.1, -0.05) is 6.07 Å². The van der Waals surface area contributed by atoms with E-state index in [0.29, 0.717) is 6.61 Å². The molecule has 3 heteroatoms. The number of benzene rings is 1. The SMILES string of the molecule is CCOc1ccc(CCCO)c(I)c1. The molecule has 0 saturated carbocycles. The summed E-state index contributed by atoms with van der Waals surface area (Å²) in [5.74, 6) is 0.921. The average molecular weight is 306 g/mol. The third kappa shape index (κ3) is 3.46. The van der Waals surface area contributed by atoms with Gasteiger partial charge in [0, 0.05) is 10.2 Å². The maximum Gasteiger partial charge on any atom is 0.120 e. The van der Waals surface area contributed by atoms with Crippen LogP contribution in [0, 0.1) is 3.57 Å². The Morgan fingerprint density at radius 2 is 2.21 bits per heavy atom. The number of rotatable bonds is 5. The maximum atomic E-state index is 8.73. The number of aliphatic hydroxyl groups is 1. The molecule has 0 spiro atoms. The molecule has 14 heavy (non-hydrogen) atoms. The second-order valence-electron chi connectivity index (χ2n) is 3.01. The van der Waals surface area contributed by atoms with E-state index in [-0.39, 0.29) is 6.61 Å². The van der Waals surface area contributed by atoms with E-state index < -0.39 is 0 Å². The Balaban J connectivity index is 2.68. The van der Waals surface area contributed by atoms with Crippen LogP contribution in [-0.2, 0) is 6.42 Å². The normalized spacial score (nSPS) is 10.2. The third-order valence-electron chi connectivity index (χ3n) is 1.94. The molecular formula is C11H15IO2. The van der Waals surface area contributed by atoms with Crippen molar-refractivity contribution in [3.63, 3.8) is 0 Å². The van der Waals surface area contributed by atoms with E-state index >= 15 is 0 Å². The van der Waals surface area contributed by atoms with Crippen molar-refractivity contribution in [2.75, 3.05) is 13.2 Å². The molecule has 0 aliphatic carbocycles. The summed E-state index contributed by atoms with van der Waals surface area (Å²) in [4.78, 5) is 0. The van der Waals surface area contributed by atoms with Crippen molar-refractivity contribution in [2.45, 2.75) is 19.8 Å². The molecule has 0 fully saturated rings. The predicted octanol–water partition coefficient (Wildman–Crippen LogP) is 2.61. The number of hydrogen-bond acceptors (Lipinski definition) is 2. The van der Waals surface area contributed by atoms with E-state index in [4.69, 9.17) is 9.84 Å². The molecule has 0 radical (unpaired) electrons. The van der Waals surface area contributed by atoms with E-state index in [2.05, 4.69) is 28.7 Å². The lowest BCUT2D eigenvalue weighted by molar-refractivity contribution is 0.288. The molecule has 2 nitrogen and oxygen atoms in total. The lowest BCUT2D eigenvalue weighted by Crippen LogP contribution is -1.95. The van der Waals surface area contributed by atoms with Gasteiger partial charge >= 0.3 is 0 Å². The maximum absolute atomic E-state index is 8.73. The Bertz CT molecular complexity index is 287. The van der Waals surface area contributed by atoms with E-state index in [1.54, 1.807) is 0 Å². The molecule has 1 N–H and O–H groups in total. The van der Waals surface area contributed by atoms with Crippen LogP contribution in [0.4, 0.5) is 0 Å². The van der Waals surface area contributed by atoms with E-state index in [0.717, 1.165) is 18.6 Å². The summed E-state index contributed by atoms with van der Waals surface area (Å²) in [7, 11) is 0. The highest BCUT2D eigenvalue weighted by Gasteiger charge is 2.01. The van der Waals surface area contributed by atoms with Gasteiger partial charge in [-0.15, -0.1) is 0 Å². The smallest absolute Gasteiger partial charge is 0.120 e. The summed E-state index contributed by atoms with van der Waals surface area (Å²) in [6.07, 6.45) is 1.76. The number of halogens is 1. The Labute approximate surface area is 98.4 Å². The molecule has 1 aromatic carbocycles. The average Bonchev–Trinajstić information content (AvgIpc) is 2.17. The number of ether oxygens (including phenoxy) is 1. The second kappa shape index (κ2) is 6.24. The summed E-state index contributed by atoms with van der Waals surface area (Å²) >= 11 is 2.30. The zero-order valence-electron chi connectivity index (χ0n) is 8.29. The van der Waals surface area contributed by atoms with Crippen LogP contribution in [0.2, 0.25) is 0 Å². The second-order valence-corrected chi connectivity index (χ2v) is 4.18.